The third kappa shape index (κ3) is 3.17. The number of aryl methyl sites for hydroxylation is 1. The fourth-order valence-corrected chi connectivity index (χ4v) is 5.66. The quantitative estimate of drug-likeness (QED) is 0.866. The Morgan fingerprint density at radius 1 is 1.39 bits per heavy atom. The number of hydrogen-bond acceptors (Lipinski definition) is 5. The van der Waals surface area contributed by atoms with E-state index >= 15 is 0 Å². The van der Waals surface area contributed by atoms with Crippen LogP contribution in [0, 0.1) is 6.92 Å². The first-order valence-electron chi connectivity index (χ1n) is 7.29. The molecule has 3 N–H and O–H groups in total. The smallest absolute Gasteiger partial charge is 0.269 e. The number of thiophene rings is 1. The van der Waals surface area contributed by atoms with Crippen molar-refractivity contribution in [2.45, 2.75) is 29.9 Å². The number of sulfonamides is 1. The predicted molar refractivity (Wildman–Crippen MR) is 86.9 cm³/mol. The van der Waals surface area contributed by atoms with Crippen molar-refractivity contribution >= 4 is 27.3 Å². The van der Waals surface area contributed by atoms with Crippen molar-refractivity contribution in [2.24, 2.45) is 5.73 Å². The summed E-state index contributed by atoms with van der Waals surface area (Å²) in [5.74, 6) is -0.410. The molecule has 1 fully saturated rings. The van der Waals surface area contributed by atoms with Crippen LogP contribution in [0.4, 0.5) is 0 Å². The molecule has 0 unspecified atom stereocenters. The number of rotatable bonds is 4. The number of nitrogens with zero attached hydrogens (tertiary/aromatic N) is 2. The standard InChI is InChI=1S/C14H18N4O3S2/c1-9-2-3-13(22-9)23(20,21)18-6-4-10(5-7-18)11-8-12(14(15)19)17-16-11/h2-3,8,10H,4-7H2,1H3,(H2,15,19)(H,16,17). The molecule has 1 aliphatic rings. The SMILES string of the molecule is Cc1ccc(S(=O)(=O)N2CCC(c3cc(C(N)=O)n[nH]3)CC2)s1. The zero-order valence-corrected chi connectivity index (χ0v) is 14.3. The van der Waals surface area contributed by atoms with Gasteiger partial charge in [-0.3, -0.25) is 9.89 Å². The van der Waals surface area contributed by atoms with Gasteiger partial charge in [-0.1, -0.05) is 0 Å². The van der Waals surface area contributed by atoms with Gasteiger partial charge in [-0.25, -0.2) is 8.42 Å². The van der Waals surface area contributed by atoms with Gasteiger partial charge in [0.2, 0.25) is 0 Å². The zero-order chi connectivity index (χ0) is 16.6. The molecule has 1 saturated heterocycles. The summed E-state index contributed by atoms with van der Waals surface area (Å²) in [5, 5.41) is 6.71. The Bertz CT molecular complexity index is 817. The molecule has 7 nitrogen and oxygen atoms in total. The maximum atomic E-state index is 12.6. The Balaban J connectivity index is 1.69. The minimum absolute atomic E-state index is 0.159. The molecule has 124 valence electrons. The molecule has 0 saturated carbocycles. The van der Waals surface area contributed by atoms with E-state index in [0.717, 1.165) is 10.6 Å². The Morgan fingerprint density at radius 2 is 2.09 bits per heavy atom. The van der Waals surface area contributed by atoms with Crippen LogP contribution >= 0.6 is 11.3 Å². The first-order chi connectivity index (χ1) is 10.9. The molecule has 0 aromatic carbocycles. The molecule has 0 radical (unpaired) electrons. The number of piperidine rings is 1. The third-order valence-electron chi connectivity index (χ3n) is 4.05. The number of carbonyl (C=O) groups excluding carboxylic acids is 1. The lowest BCUT2D eigenvalue weighted by atomic mass is 9.94. The Morgan fingerprint density at radius 3 is 2.61 bits per heavy atom. The van der Waals surface area contributed by atoms with Crippen molar-refractivity contribution in [3.8, 4) is 0 Å². The molecular weight excluding hydrogens is 336 g/mol. The monoisotopic (exact) mass is 354 g/mol. The van der Waals surface area contributed by atoms with Gasteiger partial charge in [-0.15, -0.1) is 11.3 Å². The fraction of sp³-hybridized carbons (Fsp3) is 0.429. The number of hydrogen-bond donors (Lipinski definition) is 2. The summed E-state index contributed by atoms with van der Waals surface area (Å²) >= 11 is 1.29. The van der Waals surface area contributed by atoms with Crippen molar-refractivity contribution in [1.29, 1.82) is 0 Å². The van der Waals surface area contributed by atoms with E-state index in [4.69, 9.17) is 5.73 Å². The Kier molecular flexibility index (Phi) is 4.26. The molecule has 0 spiro atoms. The van der Waals surface area contributed by atoms with Crippen LogP contribution < -0.4 is 5.73 Å². The van der Waals surface area contributed by atoms with Crippen LogP contribution in [-0.2, 0) is 10.0 Å². The van der Waals surface area contributed by atoms with E-state index in [-0.39, 0.29) is 11.6 Å². The number of nitrogens with one attached hydrogen (secondary N) is 1. The highest BCUT2D eigenvalue weighted by atomic mass is 32.2. The normalized spacial score (nSPS) is 17.4. The van der Waals surface area contributed by atoms with Crippen LogP contribution in [0.5, 0.6) is 0 Å². The number of aromatic nitrogens is 2. The maximum absolute atomic E-state index is 12.6. The highest BCUT2D eigenvalue weighted by molar-refractivity contribution is 7.91. The van der Waals surface area contributed by atoms with E-state index in [9.17, 15) is 13.2 Å². The zero-order valence-electron chi connectivity index (χ0n) is 12.7. The van der Waals surface area contributed by atoms with Crippen molar-refractivity contribution in [3.63, 3.8) is 0 Å². The van der Waals surface area contributed by atoms with Crippen LogP contribution in [0.15, 0.2) is 22.4 Å². The molecule has 1 aliphatic heterocycles. The maximum Gasteiger partial charge on any atom is 0.269 e. The van der Waals surface area contributed by atoms with Gasteiger partial charge >= 0.3 is 0 Å². The van der Waals surface area contributed by atoms with Crippen LogP contribution in [0.1, 0.15) is 39.8 Å². The summed E-state index contributed by atoms with van der Waals surface area (Å²) in [6.07, 6.45) is 1.37. The van der Waals surface area contributed by atoms with Gasteiger partial charge in [0.1, 0.15) is 9.90 Å². The van der Waals surface area contributed by atoms with Gasteiger partial charge < -0.3 is 5.73 Å². The van der Waals surface area contributed by atoms with E-state index in [1.807, 2.05) is 13.0 Å². The second kappa shape index (κ2) is 6.06. The average molecular weight is 354 g/mol. The molecule has 0 bridgehead atoms. The molecule has 9 heteroatoms. The number of primary amides is 1. The van der Waals surface area contributed by atoms with Gasteiger partial charge in [0.25, 0.3) is 15.9 Å². The lowest BCUT2D eigenvalue weighted by Gasteiger charge is -2.30. The number of amides is 1. The van der Waals surface area contributed by atoms with Gasteiger partial charge in [-0.2, -0.15) is 9.40 Å². The van der Waals surface area contributed by atoms with E-state index in [1.54, 1.807) is 12.1 Å². The van der Waals surface area contributed by atoms with Crippen LogP contribution in [0.2, 0.25) is 0 Å². The molecule has 1 amide bonds. The summed E-state index contributed by atoms with van der Waals surface area (Å²) in [4.78, 5) is 12.1. The minimum atomic E-state index is -3.40. The molecule has 0 atom stereocenters. The molecule has 3 heterocycles. The average Bonchev–Trinajstić information content (AvgIpc) is 3.16. The molecular formula is C14H18N4O3S2. The van der Waals surface area contributed by atoms with E-state index in [0.29, 0.717) is 30.1 Å². The van der Waals surface area contributed by atoms with Gasteiger partial charge in [0, 0.05) is 29.6 Å². The third-order valence-corrected chi connectivity index (χ3v) is 7.42. The summed E-state index contributed by atoms with van der Waals surface area (Å²) in [7, 11) is -3.40. The Labute approximate surface area is 138 Å². The number of nitrogens with two attached hydrogens (primary N) is 1. The van der Waals surface area contributed by atoms with E-state index in [1.165, 1.54) is 15.6 Å². The molecule has 3 rings (SSSR count). The van der Waals surface area contributed by atoms with Crippen molar-refractivity contribution in [2.75, 3.05) is 13.1 Å². The van der Waals surface area contributed by atoms with Crippen molar-refractivity contribution in [1.82, 2.24) is 14.5 Å². The predicted octanol–water partition coefficient (Wildman–Crippen LogP) is 1.45. The second-order valence-corrected chi connectivity index (χ2v) is 9.07. The van der Waals surface area contributed by atoms with Crippen LogP contribution in [0.3, 0.4) is 0 Å². The molecule has 23 heavy (non-hydrogen) atoms. The first kappa shape index (κ1) is 16.2. The van der Waals surface area contributed by atoms with Gasteiger partial charge in [-0.05, 0) is 38.0 Å². The number of H-pyrrole nitrogens is 1. The number of aromatic amines is 1. The first-order valence-corrected chi connectivity index (χ1v) is 9.55. The summed E-state index contributed by atoms with van der Waals surface area (Å²) < 4.78 is 27.1. The second-order valence-electron chi connectivity index (χ2n) is 5.62. The van der Waals surface area contributed by atoms with Gasteiger partial charge in [0.15, 0.2) is 0 Å². The summed E-state index contributed by atoms with van der Waals surface area (Å²) in [6.45, 7) is 2.80. The summed E-state index contributed by atoms with van der Waals surface area (Å²) in [6, 6.07) is 5.13. The largest absolute Gasteiger partial charge is 0.364 e. The molecule has 2 aromatic rings. The minimum Gasteiger partial charge on any atom is -0.364 e. The summed E-state index contributed by atoms with van der Waals surface area (Å²) in [5.41, 5.74) is 6.24. The van der Waals surface area contributed by atoms with Crippen molar-refractivity contribution in [3.05, 3.63) is 34.5 Å². The number of carbonyl (C=O) groups is 1. The van der Waals surface area contributed by atoms with Crippen LogP contribution in [0.25, 0.3) is 0 Å². The van der Waals surface area contributed by atoms with Crippen LogP contribution in [-0.4, -0.2) is 41.9 Å². The highest BCUT2D eigenvalue weighted by Crippen LogP contribution is 2.31. The van der Waals surface area contributed by atoms with Gasteiger partial charge in [0.05, 0.1) is 0 Å². The fourth-order valence-electron chi connectivity index (χ4n) is 2.76. The topological polar surface area (TPSA) is 109 Å². The Hall–Kier alpha value is -1.71. The highest BCUT2D eigenvalue weighted by Gasteiger charge is 2.31. The van der Waals surface area contributed by atoms with E-state index < -0.39 is 15.9 Å². The lowest BCUT2D eigenvalue weighted by Crippen LogP contribution is -2.37. The van der Waals surface area contributed by atoms with E-state index in [2.05, 4.69) is 10.2 Å². The van der Waals surface area contributed by atoms with Crippen molar-refractivity contribution < 1.29 is 13.2 Å². The lowest BCUT2D eigenvalue weighted by molar-refractivity contribution is 0.0995. The molecule has 2 aromatic heterocycles. The molecule has 0 aliphatic carbocycles.